The van der Waals surface area contributed by atoms with Crippen LogP contribution in [0.5, 0.6) is 0 Å². The number of aryl methyl sites for hydroxylation is 1. The van der Waals surface area contributed by atoms with Crippen molar-refractivity contribution in [2.24, 2.45) is 0 Å². The van der Waals surface area contributed by atoms with Crippen LogP contribution in [0.1, 0.15) is 59.3 Å². The van der Waals surface area contributed by atoms with Crippen molar-refractivity contribution < 1.29 is 18.0 Å². The third kappa shape index (κ3) is 6.91. The molecule has 1 aliphatic heterocycles. The minimum absolute atomic E-state index is 0.0535. The molecular weight excluding hydrogens is 543 g/mol. The number of benzene rings is 1. The summed E-state index contributed by atoms with van der Waals surface area (Å²) in [7, 11) is 0. The second-order valence-corrected chi connectivity index (χ2v) is 10.4. The predicted octanol–water partition coefficient (Wildman–Crippen LogP) is 6.85. The highest BCUT2D eigenvalue weighted by Crippen LogP contribution is 2.39. The normalized spacial score (nSPS) is 14.5. The lowest BCUT2D eigenvalue weighted by Gasteiger charge is -2.32. The largest absolute Gasteiger partial charge is 0.418 e. The van der Waals surface area contributed by atoms with Crippen LogP contribution in [0.25, 0.3) is 11.3 Å². The van der Waals surface area contributed by atoms with Gasteiger partial charge in [-0.3, -0.25) is 14.8 Å². The number of amides is 1. The van der Waals surface area contributed by atoms with E-state index in [-0.39, 0.29) is 23.1 Å². The highest BCUT2D eigenvalue weighted by molar-refractivity contribution is 6.05. The van der Waals surface area contributed by atoms with E-state index in [1.165, 1.54) is 24.4 Å². The van der Waals surface area contributed by atoms with E-state index in [1.54, 1.807) is 43.7 Å². The molecule has 5 rings (SSSR count). The van der Waals surface area contributed by atoms with E-state index in [0.717, 1.165) is 44.5 Å². The summed E-state index contributed by atoms with van der Waals surface area (Å²) in [6, 6.07) is 11.2. The highest BCUT2D eigenvalue weighted by Gasteiger charge is 2.35. The molecule has 42 heavy (non-hydrogen) atoms. The van der Waals surface area contributed by atoms with Crippen molar-refractivity contribution in [1.29, 1.82) is 0 Å². The lowest BCUT2D eigenvalue weighted by molar-refractivity contribution is -0.137. The fraction of sp³-hybridized carbons (Fsp3) is 0.323. The fourth-order valence-electron chi connectivity index (χ4n) is 5.16. The summed E-state index contributed by atoms with van der Waals surface area (Å²) in [6.45, 7) is 6.60. The van der Waals surface area contributed by atoms with E-state index in [2.05, 4.69) is 42.4 Å². The molecule has 8 nitrogen and oxygen atoms in total. The molecule has 2 N–H and O–H groups in total. The number of halogens is 3. The van der Waals surface area contributed by atoms with Gasteiger partial charge in [0.25, 0.3) is 5.91 Å². The van der Waals surface area contributed by atoms with Gasteiger partial charge in [-0.05, 0) is 93.7 Å². The summed E-state index contributed by atoms with van der Waals surface area (Å²) in [5.41, 5.74) is 2.05. The van der Waals surface area contributed by atoms with Gasteiger partial charge in [0.05, 0.1) is 33.9 Å². The average Bonchev–Trinajstić information content (AvgIpc) is 2.99. The maximum atomic E-state index is 14.1. The van der Waals surface area contributed by atoms with Crippen molar-refractivity contribution in [1.82, 2.24) is 24.8 Å². The Balaban J connectivity index is 1.34. The molecule has 0 unspecified atom stereocenters. The Bertz CT molecular complexity index is 1540. The smallest absolute Gasteiger partial charge is 0.323 e. The van der Waals surface area contributed by atoms with Gasteiger partial charge in [-0.25, -0.2) is 9.97 Å². The van der Waals surface area contributed by atoms with Gasteiger partial charge in [-0.1, -0.05) is 13.0 Å². The summed E-state index contributed by atoms with van der Waals surface area (Å²) in [6.07, 6.45) is 4.31. The van der Waals surface area contributed by atoms with E-state index < -0.39 is 17.6 Å². The molecule has 4 aromatic rings. The molecule has 0 atom stereocenters. The minimum Gasteiger partial charge on any atom is -0.323 e. The van der Waals surface area contributed by atoms with Crippen molar-refractivity contribution in [3.05, 3.63) is 89.6 Å². The van der Waals surface area contributed by atoms with Crippen LogP contribution >= 0.6 is 0 Å². The maximum Gasteiger partial charge on any atom is 0.418 e. The second-order valence-electron chi connectivity index (χ2n) is 10.4. The number of aromatic nitrogens is 4. The van der Waals surface area contributed by atoms with Crippen LogP contribution < -0.4 is 10.6 Å². The van der Waals surface area contributed by atoms with Crippen LogP contribution in [0, 0.1) is 6.92 Å². The third-order valence-corrected chi connectivity index (χ3v) is 7.40. The van der Waals surface area contributed by atoms with E-state index in [0.29, 0.717) is 22.6 Å². The first-order valence-electron chi connectivity index (χ1n) is 13.9. The number of nitrogens with one attached hydrogen (secondary N) is 2. The Kier molecular flexibility index (Phi) is 8.77. The second kappa shape index (κ2) is 12.6. The molecule has 3 aromatic heterocycles. The summed E-state index contributed by atoms with van der Waals surface area (Å²) >= 11 is 0. The third-order valence-electron chi connectivity index (χ3n) is 7.40. The predicted molar refractivity (Wildman–Crippen MR) is 156 cm³/mol. The van der Waals surface area contributed by atoms with Crippen LogP contribution in [0.15, 0.2) is 67.3 Å². The van der Waals surface area contributed by atoms with Crippen molar-refractivity contribution in [2.75, 3.05) is 30.3 Å². The number of carbonyl (C=O) groups excluding carboxylic acids is 1. The first-order chi connectivity index (χ1) is 20.2. The van der Waals surface area contributed by atoms with Gasteiger partial charge in [0, 0.05) is 30.4 Å². The van der Waals surface area contributed by atoms with E-state index in [1.807, 2.05) is 6.07 Å². The van der Waals surface area contributed by atoms with Gasteiger partial charge < -0.3 is 15.5 Å². The van der Waals surface area contributed by atoms with Crippen LogP contribution in [0.2, 0.25) is 0 Å². The molecule has 1 fully saturated rings. The van der Waals surface area contributed by atoms with Crippen molar-refractivity contribution in [3.8, 4) is 11.3 Å². The topological polar surface area (TPSA) is 95.9 Å². The number of rotatable bonds is 8. The quantitative estimate of drug-likeness (QED) is 0.237. The SMILES string of the molecule is CCCN1CCC(c2ccc(NC(=O)c3cnc(C)c(Nc4nccc(-c5cccnc5)n4)c3)c(C(F)(F)F)c2)CC1. The van der Waals surface area contributed by atoms with Crippen LogP contribution in [-0.2, 0) is 6.18 Å². The molecule has 1 aliphatic rings. The standard InChI is InChI=1S/C31H32F3N7O/c1-3-13-41-14-9-21(10-15-41)22-6-7-27(25(16-22)31(32,33)34)38-29(42)24-17-28(20(2)37-19-24)40-30-36-12-8-26(39-30)23-5-4-11-35-18-23/h4-8,11-12,16-19,21H,3,9-10,13-15H2,1-2H3,(H,38,42)(H,36,39,40). The summed E-state index contributed by atoms with van der Waals surface area (Å²) in [5.74, 6) is -0.381. The molecule has 218 valence electrons. The number of piperidine rings is 1. The van der Waals surface area contributed by atoms with Crippen molar-refractivity contribution in [3.63, 3.8) is 0 Å². The molecule has 0 radical (unpaired) electrons. The summed E-state index contributed by atoms with van der Waals surface area (Å²) in [5, 5.41) is 5.52. The van der Waals surface area contributed by atoms with Gasteiger partial charge in [0.15, 0.2) is 0 Å². The molecule has 0 aliphatic carbocycles. The Morgan fingerprint density at radius 2 is 1.83 bits per heavy atom. The number of pyridine rings is 2. The lowest BCUT2D eigenvalue weighted by Crippen LogP contribution is -2.33. The molecule has 4 heterocycles. The van der Waals surface area contributed by atoms with Crippen LogP contribution in [0.4, 0.5) is 30.5 Å². The van der Waals surface area contributed by atoms with Gasteiger partial charge in [0.1, 0.15) is 0 Å². The highest BCUT2D eigenvalue weighted by atomic mass is 19.4. The molecule has 0 bridgehead atoms. The number of hydrogen-bond acceptors (Lipinski definition) is 7. The van der Waals surface area contributed by atoms with E-state index in [9.17, 15) is 18.0 Å². The molecule has 1 amide bonds. The molecular formula is C31H32F3N7O. The maximum absolute atomic E-state index is 14.1. The van der Waals surface area contributed by atoms with E-state index >= 15 is 0 Å². The monoisotopic (exact) mass is 575 g/mol. The van der Waals surface area contributed by atoms with Crippen molar-refractivity contribution >= 4 is 23.2 Å². The average molecular weight is 576 g/mol. The number of carbonyl (C=O) groups is 1. The number of alkyl halides is 3. The first-order valence-corrected chi connectivity index (χ1v) is 13.9. The number of hydrogen-bond donors (Lipinski definition) is 2. The Labute approximate surface area is 242 Å². The van der Waals surface area contributed by atoms with Gasteiger partial charge in [-0.15, -0.1) is 0 Å². The fourth-order valence-corrected chi connectivity index (χ4v) is 5.16. The molecule has 0 saturated carbocycles. The van der Waals surface area contributed by atoms with Gasteiger partial charge >= 0.3 is 6.18 Å². The minimum atomic E-state index is -4.63. The van der Waals surface area contributed by atoms with Crippen molar-refractivity contribution in [2.45, 2.75) is 45.2 Å². The zero-order valence-corrected chi connectivity index (χ0v) is 23.4. The molecule has 1 saturated heterocycles. The summed E-state index contributed by atoms with van der Waals surface area (Å²) < 4.78 is 42.4. The Morgan fingerprint density at radius 3 is 2.55 bits per heavy atom. The number of likely N-dealkylation sites (tertiary alicyclic amines) is 1. The van der Waals surface area contributed by atoms with Gasteiger partial charge in [0.2, 0.25) is 5.95 Å². The van der Waals surface area contributed by atoms with Crippen LogP contribution in [-0.4, -0.2) is 50.4 Å². The van der Waals surface area contributed by atoms with Gasteiger partial charge in [-0.2, -0.15) is 13.2 Å². The van der Waals surface area contributed by atoms with Crippen LogP contribution in [0.3, 0.4) is 0 Å². The zero-order chi connectivity index (χ0) is 29.7. The number of anilines is 3. The Hall–Kier alpha value is -4.38. The summed E-state index contributed by atoms with van der Waals surface area (Å²) in [4.78, 5) is 32.6. The lowest BCUT2D eigenvalue weighted by atomic mass is 9.88. The Morgan fingerprint density at radius 1 is 1.02 bits per heavy atom. The number of nitrogens with zero attached hydrogens (tertiary/aromatic N) is 5. The molecule has 1 aromatic carbocycles. The first kappa shape index (κ1) is 29.1. The van der Waals surface area contributed by atoms with E-state index in [4.69, 9.17) is 0 Å². The molecule has 11 heteroatoms. The zero-order valence-electron chi connectivity index (χ0n) is 23.4. The molecule has 0 spiro atoms.